The molecule has 31 heavy (non-hydrogen) atoms. The number of hydrogen-bond acceptors (Lipinski definition) is 4. The number of rotatable bonds is 12. The molecule has 2 rings (SSSR count). The van der Waals surface area contributed by atoms with E-state index in [1.807, 2.05) is 41.3 Å². The zero-order chi connectivity index (χ0) is 22.6. The maximum atomic E-state index is 12.6. The molecule has 0 saturated heterocycles. The van der Waals surface area contributed by atoms with Crippen molar-refractivity contribution < 1.29 is 14.3 Å². The molecule has 0 fully saturated rings. The summed E-state index contributed by atoms with van der Waals surface area (Å²) in [5.74, 6) is 1.15. The molecule has 0 radical (unpaired) electrons. The summed E-state index contributed by atoms with van der Waals surface area (Å²) < 4.78 is 5.65. The van der Waals surface area contributed by atoms with E-state index in [1.165, 1.54) is 0 Å². The van der Waals surface area contributed by atoms with Crippen LogP contribution in [-0.4, -0.2) is 43.0 Å². The first-order valence-electron chi connectivity index (χ1n) is 11.1. The highest BCUT2D eigenvalue weighted by molar-refractivity contribution is 5.95. The Morgan fingerprint density at radius 1 is 0.903 bits per heavy atom. The normalized spacial score (nSPS) is 10.6. The highest BCUT2D eigenvalue weighted by Crippen LogP contribution is 2.17. The van der Waals surface area contributed by atoms with E-state index in [0.29, 0.717) is 18.1 Å². The first-order valence-corrected chi connectivity index (χ1v) is 11.1. The molecule has 0 unspecified atom stereocenters. The second kappa shape index (κ2) is 12.6. The Morgan fingerprint density at radius 3 is 2.03 bits per heavy atom. The van der Waals surface area contributed by atoms with Crippen molar-refractivity contribution in [3.63, 3.8) is 0 Å². The molecule has 2 N–H and O–H groups in total. The summed E-state index contributed by atoms with van der Waals surface area (Å²) in [6, 6.07) is 14.6. The van der Waals surface area contributed by atoms with Gasteiger partial charge >= 0.3 is 0 Å². The highest BCUT2D eigenvalue weighted by Gasteiger charge is 2.14. The average molecular weight is 426 g/mol. The smallest absolute Gasteiger partial charge is 0.253 e. The molecule has 2 aromatic rings. The summed E-state index contributed by atoms with van der Waals surface area (Å²) in [4.78, 5) is 26.7. The molecule has 0 saturated carbocycles. The van der Waals surface area contributed by atoms with Crippen molar-refractivity contribution in [3.05, 3.63) is 54.1 Å². The van der Waals surface area contributed by atoms with Crippen molar-refractivity contribution in [1.82, 2.24) is 4.90 Å². The van der Waals surface area contributed by atoms with Crippen LogP contribution in [-0.2, 0) is 4.79 Å². The van der Waals surface area contributed by atoms with Gasteiger partial charge in [-0.25, -0.2) is 0 Å². The second-order valence-corrected chi connectivity index (χ2v) is 8.00. The molecule has 6 nitrogen and oxygen atoms in total. The molecule has 0 atom stereocenters. The minimum atomic E-state index is -0.145. The van der Waals surface area contributed by atoms with Gasteiger partial charge in [0.25, 0.3) is 5.91 Å². The number of anilines is 2. The van der Waals surface area contributed by atoms with Gasteiger partial charge in [0.05, 0.1) is 13.2 Å². The highest BCUT2D eigenvalue weighted by atomic mass is 16.5. The van der Waals surface area contributed by atoms with Crippen molar-refractivity contribution in [2.75, 3.05) is 36.9 Å². The van der Waals surface area contributed by atoms with E-state index in [1.54, 1.807) is 12.1 Å². The lowest BCUT2D eigenvalue weighted by atomic mass is 10.1. The number of benzene rings is 2. The van der Waals surface area contributed by atoms with E-state index < -0.39 is 0 Å². The summed E-state index contributed by atoms with van der Waals surface area (Å²) in [5.41, 5.74) is 2.18. The Kier molecular flexibility index (Phi) is 9.88. The number of hydrogen-bond donors (Lipinski definition) is 2. The van der Waals surface area contributed by atoms with Gasteiger partial charge in [0, 0.05) is 30.0 Å². The molecule has 6 heteroatoms. The third kappa shape index (κ3) is 8.32. The van der Waals surface area contributed by atoms with E-state index in [9.17, 15) is 9.59 Å². The van der Waals surface area contributed by atoms with Gasteiger partial charge in [-0.05, 0) is 67.3 Å². The van der Waals surface area contributed by atoms with Gasteiger partial charge in [-0.15, -0.1) is 0 Å². The van der Waals surface area contributed by atoms with Crippen molar-refractivity contribution >= 4 is 23.2 Å². The fraction of sp³-hybridized carbons (Fsp3) is 0.440. The van der Waals surface area contributed by atoms with Gasteiger partial charge in [0.15, 0.2) is 0 Å². The summed E-state index contributed by atoms with van der Waals surface area (Å²) in [6.07, 6.45) is 1.88. The lowest BCUT2D eigenvalue weighted by Crippen LogP contribution is -2.32. The molecular weight excluding hydrogens is 390 g/mol. The number of nitrogens with one attached hydrogen (secondary N) is 2. The van der Waals surface area contributed by atoms with Crippen LogP contribution in [0.1, 0.15) is 50.9 Å². The topological polar surface area (TPSA) is 70.7 Å². The van der Waals surface area contributed by atoms with E-state index in [-0.39, 0.29) is 18.4 Å². The van der Waals surface area contributed by atoms with Crippen LogP contribution in [0.15, 0.2) is 48.5 Å². The van der Waals surface area contributed by atoms with Gasteiger partial charge in [0.1, 0.15) is 5.75 Å². The zero-order valence-corrected chi connectivity index (χ0v) is 19.1. The summed E-state index contributed by atoms with van der Waals surface area (Å²) in [5, 5.41) is 5.95. The Hall–Kier alpha value is -3.02. The number of nitrogens with zero attached hydrogens (tertiary/aromatic N) is 1. The second-order valence-electron chi connectivity index (χ2n) is 8.00. The van der Waals surface area contributed by atoms with Gasteiger partial charge in [-0.1, -0.05) is 27.7 Å². The van der Waals surface area contributed by atoms with Crippen LogP contribution in [0, 0.1) is 5.92 Å². The van der Waals surface area contributed by atoms with Crippen LogP contribution in [0.5, 0.6) is 5.75 Å². The third-order valence-corrected chi connectivity index (χ3v) is 4.58. The molecule has 0 spiro atoms. The maximum absolute atomic E-state index is 12.6. The van der Waals surface area contributed by atoms with Crippen molar-refractivity contribution in [1.29, 1.82) is 0 Å². The maximum Gasteiger partial charge on any atom is 0.253 e. The number of ether oxygens (including phenoxy) is 1. The quantitative estimate of drug-likeness (QED) is 0.500. The van der Waals surface area contributed by atoms with Crippen LogP contribution < -0.4 is 15.4 Å². The van der Waals surface area contributed by atoms with Crippen LogP contribution in [0.4, 0.5) is 11.4 Å². The first kappa shape index (κ1) is 24.3. The molecule has 168 valence electrons. The number of amides is 2. The number of carbonyl (C=O) groups is 2. The fourth-order valence-corrected chi connectivity index (χ4v) is 3.05. The predicted molar refractivity (Wildman–Crippen MR) is 127 cm³/mol. The van der Waals surface area contributed by atoms with Gasteiger partial charge < -0.3 is 20.3 Å². The standard InChI is InChI=1S/C25H35N3O3/c1-5-15-28(16-6-2)25(30)20-7-9-21(10-8-20)26-17-24(29)27-22-11-13-23(14-12-22)31-18-19(3)4/h7-14,19,26H,5-6,15-18H2,1-4H3,(H,27,29). The monoisotopic (exact) mass is 425 g/mol. The SMILES string of the molecule is CCCN(CCC)C(=O)c1ccc(NCC(=O)Nc2ccc(OCC(C)C)cc2)cc1. The van der Waals surface area contributed by atoms with E-state index in [0.717, 1.165) is 43.1 Å². The van der Waals surface area contributed by atoms with Crippen molar-refractivity contribution in [3.8, 4) is 5.75 Å². The Bertz CT molecular complexity index is 811. The Labute approximate surface area is 186 Å². The van der Waals surface area contributed by atoms with E-state index >= 15 is 0 Å². The Morgan fingerprint density at radius 2 is 1.48 bits per heavy atom. The third-order valence-electron chi connectivity index (χ3n) is 4.58. The zero-order valence-electron chi connectivity index (χ0n) is 19.1. The molecule has 0 aliphatic heterocycles. The van der Waals surface area contributed by atoms with Gasteiger partial charge in [0.2, 0.25) is 5.91 Å². The predicted octanol–water partition coefficient (Wildman–Crippen LogP) is 5.03. The van der Waals surface area contributed by atoms with Gasteiger partial charge in [-0.3, -0.25) is 9.59 Å². The van der Waals surface area contributed by atoms with Crippen molar-refractivity contribution in [2.45, 2.75) is 40.5 Å². The van der Waals surface area contributed by atoms with E-state index in [2.05, 4.69) is 38.3 Å². The van der Waals surface area contributed by atoms with Crippen LogP contribution >= 0.6 is 0 Å². The molecule has 2 aromatic carbocycles. The summed E-state index contributed by atoms with van der Waals surface area (Å²) >= 11 is 0. The van der Waals surface area contributed by atoms with Crippen LogP contribution in [0.25, 0.3) is 0 Å². The molecule has 0 aromatic heterocycles. The molecule has 0 aliphatic carbocycles. The Balaban J connectivity index is 1.83. The van der Waals surface area contributed by atoms with Gasteiger partial charge in [-0.2, -0.15) is 0 Å². The molecule has 0 heterocycles. The summed E-state index contributed by atoms with van der Waals surface area (Å²) in [6.45, 7) is 10.7. The van der Waals surface area contributed by atoms with Crippen molar-refractivity contribution in [2.24, 2.45) is 5.92 Å². The van der Waals surface area contributed by atoms with Crippen LogP contribution in [0.2, 0.25) is 0 Å². The largest absolute Gasteiger partial charge is 0.493 e. The minimum Gasteiger partial charge on any atom is -0.493 e. The van der Waals surface area contributed by atoms with E-state index in [4.69, 9.17) is 4.74 Å². The van der Waals surface area contributed by atoms with Crippen LogP contribution in [0.3, 0.4) is 0 Å². The molecular formula is C25H35N3O3. The molecule has 2 amide bonds. The minimum absolute atomic E-state index is 0.0498. The summed E-state index contributed by atoms with van der Waals surface area (Å²) in [7, 11) is 0. The lowest BCUT2D eigenvalue weighted by Gasteiger charge is -2.21. The lowest BCUT2D eigenvalue weighted by molar-refractivity contribution is -0.114. The molecule has 0 bridgehead atoms. The average Bonchev–Trinajstić information content (AvgIpc) is 2.77. The first-order chi connectivity index (χ1) is 14.9. The molecule has 0 aliphatic rings. The number of carbonyl (C=O) groups excluding carboxylic acids is 2. The fourth-order valence-electron chi connectivity index (χ4n) is 3.05.